The van der Waals surface area contributed by atoms with E-state index >= 15 is 0 Å². The van der Waals surface area contributed by atoms with Crippen LogP contribution in [-0.4, -0.2) is 28.6 Å². The fourth-order valence-electron chi connectivity index (χ4n) is 4.06. The van der Waals surface area contributed by atoms with Gasteiger partial charge in [-0.05, 0) is 35.1 Å². The van der Waals surface area contributed by atoms with Crippen molar-refractivity contribution in [1.82, 2.24) is 4.90 Å². The summed E-state index contributed by atoms with van der Waals surface area (Å²) in [6, 6.07) is 28.6. The number of likely N-dealkylation sites (tertiary alicyclic amines) is 1. The molecule has 3 heteroatoms. The van der Waals surface area contributed by atoms with Crippen LogP contribution in [0.5, 0.6) is 0 Å². The minimum atomic E-state index is -0.727. The second-order valence-electron chi connectivity index (χ2n) is 7.04. The van der Waals surface area contributed by atoms with Crippen LogP contribution in [0.2, 0.25) is 0 Å². The van der Waals surface area contributed by atoms with Crippen molar-refractivity contribution >= 4 is 5.97 Å². The van der Waals surface area contributed by atoms with Crippen molar-refractivity contribution in [2.75, 3.05) is 6.54 Å². The molecule has 1 fully saturated rings. The number of carbonyl (C=O) groups is 1. The summed E-state index contributed by atoms with van der Waals surface area (Å²) in [6.45, 7) is 0.803. The number of hydrogen-bond donors (Lipinski definition) is 1. The lowest BCUT2D eigenvalue weighted by molar-refractivity contribution is -0.142. The van der Waals surface area contributed by atoms with Crippen LogP contribution in [-0.2, 0) is 4.79 Å². The van der Waals surface area contributed by atoms with E-state index < -0.39 is 12.0 Å². The maximum Gasteiger partial charge on any atom is 0.320 e. The Morgan fingerprint density at radius 3 is 2.00 bits per heavy atom. The van der Waals surface area contributed by atoms with Gasteiger partial charge >= 0.3 is 5.97 Å². The highest BCUT2D eigenvalue weighted by Crippen LogP contribution is 2.35. The third-order valence-electron chi connectivity index (χ3n) is 5.36. The molecule has 0 aromatic heterocycles. The van der Waals surface area contributed by atoms with Crippen LogP contribution in [0.3, 0.4) is 0 Å². The van der Waals surface area contributed by atoms with Crippen LogP contribution in [0.15, 0.2) is 84.9 Å². The third-order valence-corrected chi connectivity index (χ3v) is 5.36. The van der Waals surface area contributed by atoms with Gasteiger partial charge in [0.2, 0.25) is 0 Å². The van der Waals surface area contributed by atoms with E-state index in [0.717, 1.165) is 24.1 Å². The second kappa shape index (κ2) is 7.77. The first-order valence-electron chi connectivity index (χ1n) is 9.43. The molecule has 0 amide bonds. The molecule has 27 heavy (non-hydrogen) atoms. The molecule has 1 aliphatic rings. The summed E-state index contributed by atoms with van der Waals surface area (Å²) in [5.41, 5.74) is 4.62. The van der Waals surface area contributed by atoms with E-state index in [1.165, 1.54) is 11.1 Å². The summed E-state index contributed by atoms with van der Waals surface area (Å²) >= 11 is 0. The average Bonchev–Trinajstić information content (AvgIpc) is 3.20. The first-order chi connectivity index (χ1) is 13.2. The molecule has 3 aromatic carbocycles. The average molecular weight is 357 g/mol. The predicted molar refractivity (Wildman–Crippen MR) is 108 cm³/mol. The van der Waals surface area contributed by atoms with Gasteiger partial charge < -0.3 is 5.11 Å². The topological polar surface area (TPSA) is 40.5 Å². The molecule has 1 heterocycles. The van der Waals surface area contributed by atoms with Crippen molar-refractivity contribution < 1.29 is 9.90 Å². The van der Waals surface area contributed by atoms with Gasteiger partial charge in [-0.15, -0.1) is 0 Å². The Balaban J connectivity index is 1.72. The normalized spacial score (nSPS) is 18.3. The lowest BCUT2D eigenvalue weighted by Gasteiger charge is -2.32. The third kappa shape index (κ3) is 3.64. The van der Waals surface area contributed by atoms with E-state index in [1.54, 1.807) is 0 Å². The molecule has 0 saturated carbocycles. The predicted octanol–water partition coefficient (Wildman–Crippen LogP) is 4.99. The van der Waals surface area contributed by atoms with Crippen molar-refractivity contribution in [2.24, 2.45) is 0 Å². The van der Waals surface area contributed by atoms with E-state index in [2.05, 4.69) is 53.4 Å². The number of rotatable bonds is 5. The summed E-state index contributed by atoms with van der Waals surface area (Å²) in [5, 5.41) is 9.68. The lowest BCUT2D eigenvalue weighted by Crippen LogP contribution is -2.39. The van der Waals surface area contributed by atoms with Gasteiger partial charge in [-0.3, -0.25) is 9.69 Å². The zero-order chi connectivity index (χ0) is 18.6. The Hall–Kier alpha value is -2.91. The van der Waals surface area contributed by atoms with Crippen molar-refractivity contribution in [3.63, 3.8) is 0 Å². The van der Waals surface area contributed by atoms with Crippen molar-refractivity contribution in [3.05, 3.63) is 96.1 Å². The van der Waals surface area contributed by atoms with Crippen LogP contribution in [0, 0.1) is 0 Å². The Morgan fingerprint density at radius 2 is 1.37 bits per heavy atom. The SMILES string of the molecule is O=C(O)C1CCCN1C(c1ccccc1)c1ccc(-c2ccccc2)cc1. The van der Waals surface area contributed by atoms with E-state index in [4.69, 9.17) is 0 Å². The summed E-state index contributed by atoms with van der Waals surface area (Å²) in [6.07, 6.45) is 1.63. The van der Waals surface area contributed by atoms with Gasteiger partial charge in [-0.1, -0.05) is 84.9 Å². The van der Waals surface area contributed by atoms with Crippen LogP contribution in [0.25, 0.3) is 11.1 Å². The number of hydrogen-bond acceptors (Lipinski definition) is 2. The van der Waals surface area contributed by atoms with Crippen LogP contribution in [0.4, 0.5) is 0 Å². The number of aliphatic carboxylic acids is 1. The van der Waals surface area contributed by atoms with Crippen molar-refractivity contribution in [3.8, 4) is 11.1 Å². The summed E-state index contributed by atoms with van der Waals surface area (Å²) < 4.78 is 0. The van der Waals surface area contributed by atoms with E-state index in [9.17, 15) is 9.90 Å². The van der Waals surface area contributed by atoms with Gasteiger partial charge in [0.15, 0.2) is 0 Å². The molecule has 136 valence electrons. The van der Waals surface area contributed by atoms with Crippen LogP contribution >= 0.6 is 0 Å². The summed E-state index contributed by atoms with van der Waals surface area (Å²) in [5.74, 6) is -0.727. The molecule has 3 nitrogen and oxygen atoms in total. The highest BCUT2D eigenvalue weighted by Gasteiger charge is 2.36. The molecule has 0 radical (unpaired) electrons. The molecule has 1 N–H and O–H groups in total. The van der Waals surface area contributed by atoms with E-state index in [-0.39, 0.29) is 6.04 Å². The van der Waals surface area contributed by atoms with Gasteiger partial charge in [-0.2, -0.15) is 0 Å². The zero-order valence-corrected chi connectivity index (χ0v) is 15.2. The summed E-state index contributed by atoms with van der Waals surface area (Å²) in [7, 11) is 0. The maximum atomic E-state index is 11.8. The van der Waals surface area contributed by atoms with Gasteiger partial charge in [0.1, 0.15) is 6.04 Å². The van der Waals surface area contributed by atoms with E-state index in [0.29, 0.717) is 6.42 Å². The summed E-state index contributed by atoms with van der Waals surface area (Å²) in [4.78, 5) is 13.9. The molecule has 0 bridgehead atoms. The Bertz CT molecular complexity index is 891. The smallest absolute Gasteiger partial charge is 0.320 e. The molecule has 4 rings (SSSR count). The van der Waals surface area contributed by atoms with Crippen LogP contribution < -0.4 is 0 Å². The van der Waals surface area contributed by atoms with Crippen molar-refractivity contribution in [2.45, 2.75) is 24.9 Å². The molecule has 1 saturated heterocycles. The zero-order valence-electron chi connectivity index (χ0n) is 15.2. The highest BCUT2D eigenvalue weighted by atomic mass is 16.4. The Kier molecular flexibility index (Phi) is 5.03. The monoisotopic (exact) mass is 357 g/mol. The Labute approximate surface area is 159 Å². The molecule has 0 spiro atoms. The molecule has 1 aliphatic heterocycles. The number of nitrogens with zero attached hydrogens (tertiary/aromatic N) is 1. The fourth-order valence-corrected chi connectivity index (χ4v) is 4.06. The first-order valence-corrected chi connectivity index (χ1v) is 9.43. The molecule has 0 aliphatic carbocycles. The molecule has 2 unspecified atom stereocenters. The first kappa shape index (κ1) is 17.5. The number of benzene rings is 3. The number of carboxylic acids is 1. The standard InChI is InChI=1S/C24H23NO2/c26-24(27)22-12-7-17-25(22)23(20-10-5-2-6-11-20)21-15-13-19(14-16-21)18-8-3-1-4-9-18/h1-6,8-11,13-16,22-23H,7,12,17H2,(H,26,27). The lowest BCUT2D eigenvalue weighted by atomic mass is 9.94. The van der Waals surface area contributed by atoms with Gasteiger partial charge in [0.25, 0.3) is 0 Å². The fraction of sp³-hybridized carbons (Fsp3) is 0.208. The molecular weight excluding hydrogens is 334 g/mol. The Morgan fingerprint density at radius 1 is 0.815 bits per heavy atom. The van der Waals surface area contributed by atoms with Crippen LogP contribution in [0.1, 0.15) is 30.0 Å². The quantitative estimate of drug-likeness (QED) is 0.699. The van der Waals surface area contributed by atoms with E-state index in [1.807, 2.05) is 36.4 Å². The largest absolute Gasteiger partial charge is 0.480 e. The minimum absolute atomic E-state index is 0.0420. The van der Waals surface area contributed by atoms with Gasteiger partial charge in [-0.25, -0.2) is 0 Å². The highest BCUT2D eigenvalue weighted by molar-refractivity contribution is 5.74. The second-order valence-corrected chi connectivity index (χ2v) is 7.04. The molecule has 2 atom stereocenters. The van der Waals surface area contributed by atoms with Crippen molar-refractivity contribution in [1.29, 1.82) is 0 Å². The molecule has 3 aromatic rings. The van der Waals surface area contributed by atoms with Gasteiger partial charge in [0.05, 0.1) is 6.04 Å². The maximum absolute atomic E-state index is 11.8. The molecular formula is C24H23NO2. The minimum Gasteiger partial charge on any atom is -0.480 e. The van der Waals surface area contributed by atoms with Gasteiger partial charge in [0, 0.05) is 6.54 Å². The number of carboxylic acid groups (broad SMARTS) is 1.